The van der Waals surface area contributed by atoms with Gasteiger partial charge in [-0.15, -0.1) is 0 Å². The molecule has 1 fully saturated rings. The van der Waals surface area contributed by atoms with Gasteiger partial charge in [-0.05, 0) is 6.07 Å². The first-order valence-corrected chi connectivity index (χ1v) is 6.79. The number of nitrogens with two attached hydrogens (primary N) is 1. The Balaban J connectivity index is 1.68. The van der Waals surface area contributed by atoms with Crippen molar-refractivity contribution in [2.75, 3.05) is 41.7 Å². The molecule has 2 aromatic rings. The first-order chi connectivity index (χ1) is 9.74. The molecule has 0 unspecified atom stereocenters. The summed E-state index contributed by atoms with van der Waals surface area (Å²) in [5.74, 6) is 0.719. The Morgan fingerprint density at radius 3 is 2.30 bits per heavy atom. The van der Waals surface area contributed by atoms with Crippen LogP contribution in [0.1, 0.15) is 0 Å². The molecule has 3 heterocycles. The standard InChI is InChI=1S/C13H15ClN6/c14-10-7-17-13(18-8-10)20-5-3-19(4-6-20)12-1-2-16-9-11(12)15/h1-2,7-9H,3-6,15H2. The molecule has 20 heavy (non-hydrogen) atoms. The lowest BCUT2D eigenvalue weighted by Gasteiger charge is -2.36. The van der Waals surface area contributed by atoms with Crippen molar-refractivity contribution in [1.29, 1.82) is 0 Å². The van der Waals surface area contributed by atoms with Gasteiger partial charge in [0.15, 0.2) is 0 Å². The van der Waals surface area contributed by atoms with Gasteiger partial charge in [0.05, 0.1) is 35.0 Å². The Morgan fingerprint density at radius 1 is 1.00 bits per heavy atom. The Kier molecular flexibility index (Phi) is 3.56. The molecular weight excluding hydrogens is 276 g/mol. The van der Waals surface area contributed by atoms with E-state index < -0.39 is 0 Å². The lowest BCUT2D eigenvalue weighted by atomic mass is 10.2. The second kappa shape index (κ2) is 5.50. The van der Waals surface area contributed by atoms with Crippen LogP contribution in [-0.4, -0.2) is 41.1 Å². The summed E-state index contributed by atoms with van der Waals surface area (Å²) in [5, 5.41) is 0.553. The van der Waals surface area contributed by atoms with E-state index in [2.05, 4.69) is 24.8 Å². The van der Waals surface area contributed by atoms with Gasteiger partial charge in [-0.1, -0.05) is 11.6 Å². The molecule has 1 aliphatic rings. The molecule has 104 valence electrons. The molecule has 1 saturated heterocycles. The minimum atomic E-state index is 0.553. The summed E-state index contributed by atoms with van der Waals surface area (Å²) in [6.07, 6.45) is 6.69. The summed E-state index contributed by atoms with van der Waals surface area (Å²) < 4.78 is 0. The average Bonchev–Trinajstić information content (AvgIpc) is 2.49. The molecule has 0 bridgehead atoms. The Labute approximate surface area is 122 Å². The summed E-state index contributed by atoms with van der Waals surface area (Å²) >= 11 is 5.80. The highest BCUT2D eigenvalue weighted by molar-refractivity contribution is 6.30. The zero-order valence-corrected chi connectivity index (χ0v) is 11.7. The first kappa shape index (κ1) is 12.9. The number of hydrogen-bond donors (Lipinski definition) is 1. The van der Waals surface area contributed by atoms with Crippen molar-refractivity contribution < 1.29 is 0 Å². The van der Waals surface area contributed by atoms with Gasteiger partial charge in [0, 0.05) is 32.4 Å². The maximum atomic E-state index is 5.96. The third-order valence-electron chi connectivity index (χ3n) is 3.34. The second-order valence-corrected chi connectivity index (χ2v) is 5.05. The molecule has 2 N–H and O–H groups in total. The van der Waals surface area contributed by atoms with E-state index in [-0.39, 0.29) is 0 Å². The quantitative estimate of drug-likeness (QED) is 0.902. The van der Waals surface area contributed by atoms with Crippen LogP contribution in [0.25, 0.3) is 0 Å². The number of halogens is 1. The van der Waals surface area contributed by atoms with Gasteiger partial charge in [-0.3, -0.25) is 4.98 Å². The van der Waals surface area contributed by atoms with Gasteiger partial charge in [0.25, 0.3) is 0 Å². The van der Waals surface area contributed by atoms with E-state index in [1.165, 1.54) is 0 Å². The molecule has 6 nitrogen and oxygen atoms in total. The highest BCUT2D eigenvalue weighted by Gasteiger charge is 2.20. The number of nitrogen functional groups attached to an aromatic ring is 1. The molecular formula is C13H15ClN6. The van der Waals surface area contributed by atoms with Crippen LogP contribution in [-0.2, 0) is 0 Å². The summed E-state index contributed by atoms with van der Waals surface area (Å²) in [6, 6.07) is 1.95. The molecule has 0 spiro atoms. The van der Waals surface area contributed by atoms with Crippen molar-refractivity contribution in [3.8, 4) is 0 Å². The monoisotopic (exact) mass is 290 g/mol. The SMILES string of the molecule is Nc1cnccc1N1CCN(c2ncc(Cl)cn2)CC1. The molecule has 0 amide bonds. The minimum Gasteiger partial charge on any atom is -0.396 e. The molecule has 1 aliphatic heterocycles. The van der Waals surface area contributed by atoms with Gasteiger partial charge in [-0.25, -0.2) is 9.97 Å². The Morgan fingerprint density at radius 2 is 1.65 bits per heavy atom. The van der Waals surface area contributed by atoms with Crippen LogP contribution in [0.2, 0.25) is 5.02 Å². The first-order valence-electron chi connectivity index (χ1n) is 6.41. The number of pyridine rings is 1. The summed E-state index contributed by atoms with van der Waals surface area (Å²) in [6.45, 7) is 3.45. The lowest BCUT2D eigenvalue weighted by molar-refractivity contribution is 0.640. The number of rotatable bonds is 2. The van der Waals surface area contributed by atoms with Crippen molar-refractivity contribution in [3.05, 3.63) is 35.9 Å². The minimum absolute atomic E-state index is 0.553. The fourth-order valence-corrected chi connectivity index (χ4v) is 2.40. The average molecular weight is 291 g/mol. The fourth-order valence-electron chi connectivity index (χ4n) is 2.30. The van der Waals surface area contributed by atoms with Crippen LogP contribution < -0.4 is 15.5 Å². The van der Waals surface area contributed by atoms with Crippen molar-refractivity contribution in [1.82, 2.24) is 15.0 Å². The number of anilines is 3. The third-order valence-corrected chi connectivity index (χ3v) is 3.53. The van der Waals surface area contributed by atoms with Gasteiger partial charge in [-0.2, -0.15) is 0 Å². The van der Waals surface area contributed by atoms with Crippen LogP contribution in [0.3, 0.4) is 0 Å². The van der Waals surface area contributed by atoms with E-state index in [4.69, 9.17) is 17.3 Å². The number of aromatic nitrogens is 3. The highest BCUT2D eigenvalue weighted by Crippen LogP contribution is 2.23. The van der Waals surface area contributed by atoms with Gasteiger partial charge in [0.1, 0.15) is 0 Å². The smallest absolute Gasteiger partial charge is 0.225 e. The molecule has 0 aliphatic carbocycles. The van der Waals surface area contributed by atoms with Gasteiger partial charge in [0.2, 0.25) is 5.95 Å². The molecule has 3 rings (SSSR count). The maximum absolute atomic E-state index is 5.96. The third kappa shape index (κ3) is 2.60. The van der Waals surface area contributed by atoms with Crippen molar-refractivity contribution in [2.24, 2.45) is 0 Å². The second-order valence-electron chi connectivity index (χ2n) is 4.61. The van der Waals surface area contributed by atoms with Crippen LogP contribution >= 0.6 is 11.6 Å². The molecule has 0 aromatic carbocycles. The zero-order chi connectivity index (χ0) is 13.9. The van der Waals surface area contributed by atoms with Crippen LogP contribution in [0.5, 0.6) is 0 Å². The van der Waals surface area contributed by atoms with E-state index in [1.807, 2.05) is 6.07 Å². The highest BCUT2D eigenvalue weighted by atomic mass is 35.5. The summed E-state index contributed by atoms with van der Waals surface area (Å²) in [5.41, 5.74) is 7.71. The summed E-state index contributed by atoms with van der Waals surface area (Å²) in [7, 11) is 0. The van der Waals surface area contributed by atoms with Crippen molar-refractivity contribution in [2.45, 2.75) is 0 Å². The molecule has 0 radical (unpaired) electrons. The van der Waals surface area contributed by atoms with E-state index in [9.17, 15) is 0 Å². The largest absolute Gasteiger partial charge is 0.396 e. The number of hydrogen-bond acceptors (Lipinski definition) is 6. The lowest BCUT2D eigenvalue weighted by Crippen LogP contribution is -2.47. The Hall–Kier alpha value is -2.08. The predicted molar refractivity (Wildman–Crippen MR) is 80.1 cm³/mol. The zero-order valence-electron chi connectivity index (χ0n) is 10.9. The van der Waals surface area contributed by atoms with E-state index >= 15 is 0 Å². The van der Waals surface area contributed by atoms with Crippen LogP contribution in [0.15, 0.2) is 30.9 Å². The molecule has 0 atom stereocenters. The van der Waals surface area contributed by atoms with E-state index in [1.54, 1.807) is 24.8 Å². The van der Waals surface area contributed by atoms with Crippen LogP contribution in [0.4, 0.5) is 17.3 Å². The Bertz CT molecular complexity index is 580. The van der Waals surface area contributed by atoms with Gasteiger partial charge < -0.3 is 15.5 Å². The van der Waals surface area contributed by atoms with Crippen LogP contribution in [0, 0.1) is 0 Å². The van der Waals surface area contributed by atoms with Gasteiger partial charge >= 0.3 is 0 Å². The number of piperazine rings is 1. The normalized spacial score (nSPS) is 15.4. The van der Waals surface area contributed by atoms with Crippen molar-refractivity contribution in [3.63, 3.8) is 0 Å². The molecule has 2 aromatic heterocycles. The number of nitrogens with zero attached hydrogens (tertiary/aromatic N) is 5. The predicted octanol–water partition coefficient (Wildman–Crippen LogP) is 1.43. The summed E-state index contributed by atoms with van der Waals surface area (Å²) in [4.78, 5) is 16.9. The van der Waals surface area contributed by atoms with E-state index in [0.29, 0.717) is 10.7 Å². The topological polar surface area (TPSA) is 71.2 Å². The maximum Gasteiger partial charge on any atom is 0.225 e. The molecule has 0 saturated carbocycles. The molecule has 7 heteroatoms. The van der Waals surface area contributed by atoms with E-state index in [0.717, 1.165) is 37.8 Å². The fraction of sp³-hybridized carbons (Fsp3) is 0.308. The van der Waals surface area contributed by atoms with Crippen molar-refractivity contribution >= 4 is 28.9 Å².